The number of carbonyl (C=O) groups is 1. The van der Waals surface area contributed by atoms with Gasteiger partial charge in [0.05, 0.1) is 6.61 Å². The number of benzene rings is 2. The van der Waals surface area contributed by atoms with E-state index in [0.29, 0.717) is 26.2 Å². The van der Waals surface area contributed by atoms with Gasteiger partial charge >= 0.3 is 6.16 Å². The van der Waals surface area contributed by atoms with Crippen LogP contribution < -0.4 is 5.32 Å². The summed E-state index contributed by atoms with van der Waals surface area (Å²) in [7, 11) is 0. The predicted octanol–water partition coefficient (Wildman–Crippen LogP) is 2.82. The van der Waals surface area contributed by atoms with Crippen LogP contribution in [0.25, 0.3) is 0 Å². The van der Waals surface area contributed by atoms with Crippen molar-refractivity contribution in [2.24, 2.45) is 0 Å². The number of aromatic hydroxyl groups is 2. The molecule has 27 heavy (non-hydrogen) atoms. The third-order valence-electron chi connectivity index (χ3n) is 3.92. The molecule has 0 aromatic heterocycles. The minimum atomic E-state index is -0.720. The van der Waals surface area contributed by atoms with Crippen molar-refractivity contribution in [3.8, 4) is 11.5 Å². The Morgan fingerprint density at radius 3 is 2.26 bits per heavy atom. The van der Waals surface area contributed by atoms with Crippen molar-refractivity contribution >= 4 is 6.16 Å². The number of hydrogen-bond acceptors (Lipinski definition) is 7. The monoisotopic (exact) mass is 374 g/mol. The topological polar surface area (TPSA) is 91.3 Å². The van der Waals surface area contributed by atoms with Crippen molar-refractivity contribution in [1.82, 2.24) is 10.2 Å². The number of ether oxygens (including phenoxy) is 2. The summed E-state index contributed by atoms with van der Waals surface area (Å²) in [5, 5.41) is 23.0. The van der Waals surface area contributed by atoms with Crippen LogP contribution in [0.2, 0.25) is 0 Å². The number of nitrogens with one attached hydrogen (secondary N) is 1. The first-order chi connectivity index (χ1) is 13.1. The Morgan fingerprint density at radius 1 is 1.00 bits per heavy atom. The number of phenolic OH excluding ortho intramolecular Hbond substituents is 2. The lowest BCUT2D eigenvalue weighted by molar-refractivity contribution is 0.0125. The minimum Gasteiger partial charge on any atom is -0.508 e. The van der Waals surface area contributed by atoms with Gasteiger partial charge in [-0.1, -0.05) is 36.4 Å². The fraction of sp³-hybridized carbons (Fsp3) is 0.350. The molecule has 0 aliphatic rings. The van der Waals surface area contributed by atoms with Crippen molar-refractivity contribution in [3.05, 3.63) is 59.7 Å². The molecule has 0 heterocycles. The largest absolute Gasteiger partial charge is 0.509 e. The van der Waals surface area contributed by atoms with Gasteiger partial charge in [0.2, 0.25) is 0 Å². The highest BCUT2D eigenvalue weighted by Crippen LogP contribution is 2.18. The van der Waals surface area contributed by atoms with Crippen molar-refractivity contribution < 1.29 is 24.5 Å². The quantitative estimate of drug-likeness (QED) is 0.335. The highest BCUT2D eigenvalue weighted by atomic mass is 16.7. The molecule has 2 aromatic rings. The zero-order valence-electron chi connectivity index (χ0n) is 15.4. The van der Waals surface area contributed by atoms with Crippen molar-refractivity contribution in [3.63, 3.8) is 0 Å². The minimum absolute atomic E-state index is 0.0471. The maximum atomic E-state index is 11.5. The lowest BCUT2D eigenvalue weighted by Crippen LogP contribution is -2.34. The van der Waals surface area contributed by atoms with Crippen LogP contribution in [0.4, 0.5) is 4.79 Å². The molecule has 0 aliphatic heterocycles. The van der Waals surface area contributed by atoms with Gasteiger partial charge in [0.15, 0.2) is 0 Å². The average molecular weight is 374 g/mol. The second-order valence-electron chi connectivity index (χ2n) is 5.94. The molecule has 0 saturated carbocycles. The van der Waals surface area contributed by atoms with Gasteiger partial charge in [-0.15, -0.1) is 0 Å². The summed E-state index contributed by atoms with van der Waals surface area (Å²) in [5.74, 6) is 0.447. The number of phenols is 2. The van der Waals surface area contributed by atoms with E-state index < -0.39 is 6.16 Å². The third-order valence-corrected chi connectivity index (χ3v) is 3.92. The molecule has 146 valence electrons. The van der Waals surface area contributed by atoms with Crippen LogP contribution in [0, 0.1) is 0 Å². The number of nitrogens with zero attached hydrogens (tertiary/aromatic N) is 1. The molecule has 3 N–H and O–H groups in total. The summed E-state index contributed by atoms with van der Waals surface area (Å²) in [6, 6.07) is 14.2. The lowest BCUT2D eigenvalue weighted by atomic mass is 10.2. The Balaban J connectivity index is 1.87. The van der Waals surface area contributed by atoms with E-state index in [0.717, 1.165) is 11.1 Å². The molecule has 0 bridgehead atoms. The van der Waals surface area contributed by atoms with Gasteiger partial charge in [-0.05, 0) is 19.1 Å². The smallest absolute Gasteiger partial charge is 0.508 e. The molecule has 0 atom stereocenters. The maximum absolute atomic E-state index is 11.5. The highest BCUT2D eigenvalue weighted by molar-refractivity contribution is 5.59. The Hall–Kier alpha value is -2.77. The van der Waals surface area contributed by atoms with Gasteiger partial charge < -0.3 is 25.0 Å². The van der Waals surface area contributed by atoms with Crippen LogP contribution in [0.15, 0.2) is 48.5 Å². The molecule has 0 aliphatic carbocycles. The summed E-state index contributed by atoms with van der Waals surface area (Å²) >= 11 is 0. The molecular formula is C20H26N2O5. The highest BCUT2D eigenvalue weighted by Gasteiger charge is 2.12. The number of hydrogen-bond donors (Lipinski definition) is 3. The number of carbonyl (C=O) groups excluding carboxylic acids is 1. The molecule has 0 radical (unpaired) electrons. The SMILES string of the molecule is CCOC(=O)OCN(CCNCc1ccccc1O)Cc1ccccc1O. The van der Waals surface area contributed by atoms with E-state index >= 15 is 0 Å². The standard InChI is InChI=1S/C20H26N2O5/c1-2-26-20(25)27-15-22(14-17-8-4-6-10-19(17)24)12-11-21-13-16-7-3-5-9-18(16)23/h3-10,21,23-24H,2,11-15H2,1H3. The summed E-state index contributed by atoms with van der Waals surface area (Å²) in [6.45, 7) is 4.13. The van der Waals surface area contributed by atoms with E-state index in [1.54, 1.807) is 31.2 Å². The molecule has 2 aromatic carbocycles. The zero-order chi connectivity index (χ0) is 19.5. The summed E-state index contributed by atoms with van der Waals surface area (Å²) < 4.78 is 9.89. The Labute approximate surface area is 159 Å². The van der Waals surface area contributed by atoms with Crippen LogP contribution in [0.5, 0.6) is 11.5 Å². The van der Waals surface area contributed by atoms with Crippen molar-refractivity contribution in [1.29, 1.82) is 0 Å². The van der Waals surface area contributed by atoms with Crippen molar-refractivity contribution in [2.45, 2.75) is 20.0 Å². The second kappa shape index (κ2) is 11.1. The van der Waals surface area contributed by atoms with Crippen molar-refractivity contribution in [2.75, 3.05) is 26.4 Å². The summed E-state index contributed by atoms with van der Waals surface area (Å²) in [4.78, 5) is 13.3. The molecule has 2 rings (SSSR count). The van der Waals surface area contributed by atoms with Gasteiger partial charge in [0, 0.05) is 37.3 Å². The Bertz CT molecular complexity index is 723. The molecular weight excluding hydrogens is 348 g/mol. The first kappa shape index (κ1) is 20.5. The van der Waals surface area contributed by atoms with E-state index in [9.17, 15) is 15.0 Å². The first-order valence-electron chi connectivity index (χ1n) is 8.86. The fourth-order valence-corrected chi connectivity index (χ4v) is 2.50. The molecule has 7 nitrogen and oxygen atoms in total. The average Bonchev–Trinajstić information content (AvgIpc) is 2.66. The normalized spacial score (nSPS) is 10.7. The van der Waals surface area contributed by atoms with Gasteiger partial charge in [-0.3, -0.25) is 4.90 Å². The van der Waals surface area contributed by atoms with Crippen LogP contribution in [0.3, 0.4) is 0 Å². The molecule has 0 unspecified atom stereocenters. The van der Waals surface area contributed by atoms with E-state index in [-0.39, 0.29) is 24.8 Å². The Kier molecular flexibility index (Phi) is 8.41. The van der Waals surface area contributed by atoms with E-state index in [2.05, 4.69) is 5.32 Å². The number of para-hydroxylation sites is 2. The van der Waals surface area contributed by atoms with Gasteiger partial charge in [0.1, 0.15) is 18.2 Å². The van der Waals surface area contributed by atoms with Crippen LogP contribution >= 0.6 is 0 Å². The molecule has 0 spiro atoms. The van der Waals surface area contributed by atoms with Gasteiger partial charge in [0.25, 0.3) is 0 Å². The predicted molar refractivity (Wildman–Crippen MR) is 101 cm³/mol. The van der Waals surface area contributed by atoms with Crippen LogP contribution in [-0.4, -0.2) is 47.7 Å². The van der Waals surface area contributed by atoms with Gasteiger partial charge in [-0.2, -0.15) is 0 Å². The molecule has 0 saturated heterocycles. The third kappa shape index (κ3) is 7.16. The zero-order valence-corrected chi connectivity index (χ0v) is 15.4. The second-order valence-corrected chi connectivity index (χ2v) is 5.94. The van der Waals surface area contributed by atoms with E-state index in [1.807, 2.05) is 29.2 Å². The van der Waals surface area contributed by atoms with Crippen LogP contribution in [0.1, 0.15) is 18.1 Å². The van der Waals surface area contributed by atoms with E-state index in [4.69, 9.17) is 9.47 Å². The fourth-order valence-electron chi connectivity index (χ4n) is 2.50. The summed E-state index contributed by atoms with van der Waals surface area (Å²) in [6.07, 6.45) is -0.720. The lowest BCUT2D eigenvalue weighted by Gasteiger charge is -2.22. The number of rotatable bonds is 10. The molecule has 0 amide bonds. The first-order valence-corrected chi connectivity index (χ1v) is 8.86. The molecule has 0 fully saturated rings. The maximum Gasteiger partial charge on any atom is 0.509 e. The van der Waals surface area contributed by atoms with Crippen LogP contribution in [-0.2, 0) is 22.6 Å². The van der Waals surface area contributed by atoms with Gasteiger partial charge in [-0.25, -0.2) is 4.79 Å². The van der Waals surface area contributed by atoms with E-state index in [1.165, 1.54) is 0 Å². The summed E-state index contributed by atoms with van der Waals surface area (Å²) in [5.41, 5.74) is 1.55. The molecule has 7 heteroatoms. The Morgan fingerprint density at radius 2 is 1.63 bits per heavy atom.